The van der Waals surface area contributed by atoms with Crippen LogP contribution >= 0.6 is 0 Å². The Balaban J connectivity index is 1.21. The molecular formula is C26H29N5O2. The topological polar surface area (TPSA) is 61.7 Å². The third kappa shape index (κ3) is 4.04. The van der Waals surface area contributed by atoms with Gasteiger partial charge in [-0.05, 0) is 50.1 Å². The van der Waals surface area contributed by atoms with Crippen LogP contribution in [0.3, 0.4) is 0 Å². The molecule has 5 rings (SSSR count). The number of nitrogens with zero attached hydrogens (tertiary/aromatic N) is 5. The predicted octanol–water partition coefficient (Wildman–Crippen LogP) is 2.84. The summed E-state index contributed by atoms with van der Waals surface area (Å²) in [6, 6.07) is 15.9. The number of fused-ring (bicyclic) bond motifs is 1. The van der Waals surface area contributed by atoms with E-state index in [4.69, 9.17) is 0 Å². The first-order valence-corrected chi connectivity index (χ1v) is 11.5. The molecule has 7 nitrogen and oxygen atoms in total. The number of pyridine rings is 1. The van der Waals surface area contributed by atoms with Crippen molar-refractivity contribution >= 4 is 17.5 Å². The summed E-state index contributed by atoms with van der Waals surface area (Å²) in [5, 5.41) is 0. The lowest BCUT2D eigenvalue weighted by Crippen LogP contribution is -2.51. The number of carbonyl (C=O) groups is 2. The van der Waals surface area contributed by atoms with Gasteiger partial charge < -0.3 is 14.4 Å². The van der Waals surface area contributed by atoms with Crippen LogP contribution in [0.1, 0.15) is 27.3 Å². The van der Waals surface area contributed by atoms with E-state index in [2.05, 4.69) is 16.0 Å². The largest absolute Gasteiger partial charge is 0.336 e. The molecule has 1 aromatic carbocycles. The standard InChI is InChI=1S/C26H29N5O2/c1-19-17-22(20(2)31(19)24-9-5-6-11-27-24)26(33)29-15-13-28(14-16-29)18-25(32)30-12-10-21-7-3-4-8-23(21)30/h3-9,11,17H,10,12-16,18H2,1-2H3. The van der Waals surface area contributed by atoms with E-state index in [0.29, 0.717) is 32.7 Å². The summed E-state index contributed by atoms with van der Waals surface area (Å²) in [7, 11) is 0. The summed E-state index contributed by atoms with van der Waals surface area (Å²) in [4.78, 5) is 36.6. The Morgan fingerprint density at radius 3 is 2.45 bits per heavy atom. The van der Waals surface area contributed by atoms with Crippen LogP contribution in [-0.2, 0) is 11.2 Å². The fourth-order valence-corrected chi connectivity index (χ4v) is 4.97. The van der Waals surface area contributed by atoms with Crippen molar-refractivity contribution in [3.8, 4) is 5.82 Å². The van der Waals surface area contributed by atoms with Crippen LogP contribution < -0.4 is 4.90 Å². The van der Waals surface area contributed by atoms with Crippen LogP contribution in [0.25, 0.3) is 5.82 Å². The average Bonchev–Trinajstić information content (AvgIpc) is 3.40. The third-order valence-corrected chi connectivity index (χ3v) is 6.75. The minimum absolute atomic E-state index is 0.0460. The van der Waals surface area contributed by atoms with Gasteiger partial charge in [0.1, 0.15) is 5.82 Å². The second kappa shape index (κ2) is 8.83. The molecule has 2 amide bonds. The van der Waals surface area contributed by atoms with Crippen LogP contribution in [0, 0.1) is 13.8 Å². The zero-order chi connectivity index (χ0) is 22.9. The first-order valence-electron chi connectivity index (χ1n) is 11.5. The summed E-state index contributed by atoms with van der Waals surface area (Å²) in [5.74, 6) is 1.00. The zero-order valence-electron chi connectivity index (χ0n) is 19.2. The van der Waals surface area contributed by atoms with Gasteiger partial charge in [-0.2, -0.15) is 0 Å². The molecule has 1 fully saturated rings. The Bertz CT molecular complexity index is 1180. The van der Waals surface area contributed by atoms with Crippen LogP contribution in [-0.4, -0.2) is 70.4 Å². The summed E-state index contributed by atoms with van der Waals surface area (Å²) >= 11 is 0. The lowest BCUT2D eigenvalue weighted by Gasteiger charge is -2.35. The highest BCUT2D eigenvalue weighted by atomic mass is 16.2. The van der Waals surface area contributed by atoms with Crippen LogP contribution in [0.5, 0.6) is 0 Å². The van der Waals surface area contributed by atoms with Gasteiger partial charge >= 0.3 is 0 Å². The zero-order valence-corrected chi connectivity index (χ0v) is 19.2. The molecular weight excluding hydrogens is 414 g/mol. The van der Waals surface area contributed by atoms with Crippen LogP contribution in [0.2, 0.25) is 0 Å². The fourth-order valence-electron chi connectivity index (χ4n) is 4.97. The predicted molar refractivity (Wildman–Crippen MR) is 128 cm³/mol. The average molecular weight is 444 g/mol. The van der Waals surface area contributed by atoms with E-state index >= 15 is 0 Å². The molecule has 2 aliphatic heterocycles. The molecule has 1 saturated heterocycles. The van der Waals surface area contributed by atoms with Gasteiger partial charge in [0.2, 0.25) is 5.91 Å². The number of hydrogen-bond donors (Lipinski definition) is 0. The number of para-hydroxylation sites is 1. The van der Waals surface area contributed by atoms with E-state index in [1.54, 1.807) is 6.20 Å². The monoisotopic (exact) mass is 443 g/mol. The van der Waals surface area contributed by atoms with Gasteiger partial charge in [-0.15, -0.1) is 0 Å². The minimum Gasteiger partial charge on any atom is -0.336 e. The van der Waals surface area contributed by atoms with E-state index in [9.17, 15) is 9.59 Å². The quantitative estimate of drug-likeness (QED) is 0.622. The molecule has 2 aliphatic rings. The highest BCUT2D eigenvalue weighted by molar-refractivity contribution is 5.97. The molecule has 3 aromatic rings. The van der Waals surface area contributed by atoms with Crippen molar-refractivity contribution in [2.45, 2.75) is 20.3 Å². The van der Waals surface area contributed by atoms with Crippen LogP contribution in [0.15, 0.2) is 54.7 Å². The Morgan fingerprint density at radius 2 is 1.70 bits per heavy atom. The first-order chi connectivity index (χ1) is 16.0. The fraction of sp³-hybridized carbons (Fsp3) is 0.346. The summed E-state index contributed by atoms with van der Waals surface area (Å²) in [5.41, 5.74) is 4.90. The van der Waals surface area contributed by atoms with E-state index in [1.165, 1.54) is 5.56 Å². The number of aryl methyl sites for hydroxylation is 1. The number of carbonyl (C=O) groups excluding carboxylic acids is 2. The lowest BCUT2D eigenvalue weighted by molar-refractivity contribution is -0.120. The maximum Gasteiger partial charge on any atom is 0.255 e. The molecule has 0 bridgehead atoms. The number of hydrogen-bond acceptors (Lipinski definition) is 4. The van der Waals surface area contributed by atoms with E-state index in [0.717, 1.165) is 41.4 Å². The highest BCUT2D eigenvalue weighted by Gasteiger charge is 2.29. The maximum absolute atomic E-state index is 13.3. The van der Waals surface area contributed by atoms with Gasteiger partial charge in [-0.1, -0.05) is 24.3 Å². The Morgan fingerprint density at radius 1 is 0.939 bits per heavy atom. The van der Waals surface area contributed by atoms with E-state index < -0.39 is 0 Å². The van der Waals surface area contributed by atoms with Crippen molar-refractivity contribution in [2.75, 3.05) is 44.2 Å². The van der Waals surface area contributed by atoms with Gasteiger partial charge in [0, 0.05) is 56.0 Å². The molecule has 0 spiro atoms. The Kier molecular flexibility index (Phi) is 5.72. The SMILES string of the molecule is Cc1cc(C(=O)N2CCN(CC(=O)N3CCc4ccccc43)CC2)c(C)n1-c1ccccn1. The molecule has 0 aliphatic carbocycles. The van der Waals surface area contributed by atoms with Crippen molar-refractivity contribution in [3.63, 3.8) is 0 Å². The second-order valence-corrected chi connectivity index (χ2v) is 8.80. The molecule has 0 N–H and O–H groups in total. The summed E-state index contributed by atoms with van der Waals surface area (Å²) < 4.78 is 2.02. The molecule has 7 heteroatoms. The number of aromatic nitrogens is 2. The van der Waals surface area contributed by atoms with Gasteiger partial charge in [0.15, 0.2) is 0 Å². The van der Waals surface area contributed by atoms with E-state index in [-0.39, 0.29) is 11.8 Å². The van der Waals surface area contributed by atoms with Crippen LogP contribution in [0.4, 0.5) is 5.69 Å². The number of rotatable bonds is 4. The molecule has 170 valence electrons. The van der Waals surface area contributed by atoms with E-state index in [1.807, 2.05) is 70.7 Å². The molecule has 0 radical (unpaired) electrons. The normalized spacial score (nSPS) is 16.2. The van der Waals surface area contributed by atoms with Crippen molar-refractivity contribution in [1.29, 1.82) is 0 Å². The van der Waals surface area contributed by atoms with Crippen molar-refractivity contribution in [1.82, 2.24) is 19.4 Å². The second-order valence-electron chi connectivity index (χ2n) is 8.80. The first kappa shape index (κ1) is 21.4. The number of benzene rings is 1. The molecule has 4 heterocycles. The minimum atomic E-state index is 0.0460. The number of piperazine rings is 1. The summed E-state index contributed by atoms with van der Waals surface area (Å²) in [6.07, 6.45) is 2.68. The van der Waals surface area contributed by atoms with Gasteiger partial charge in [-0.3, -0.25) is 14.5 Å². The highest BCUT2D eigenvalue weighted by Crippen LogP contribution is 2.27. The van der Waals surface area contributed by atoms with Crippen molar-refractivity contribution in [3.05, 3.63) is 77.2 Å². The van der Waals surface area contributed by atoms with Crippen molar-refractivity contribution < 1.29 is 9.59 Å². The van der Waals surface area contributed by atoms with Gasteiger partial charge in [-0.25, -0.2) is 4.98 Å². The molecule has 0 saturated carbocycles. The third-order valence-electron chi connectivity index (χ3n) is 6.75. The molecule has 0 atom stereocenters. The Hall–Kier alpha value is -3.45. The Labute approximate surface area is 194 Å². The van der Waals surface area contributed by atoms with Gasteiger partial charge in [0.05, 0.1) is 12.1 Å². The molecule has 33 heavy (non-hydrogen) atoms. The molecule has 2 aromatic heterocycles. The van der Waals surface area contributed by atoms with Gasteiger partial charge in [0.25, 0.3) is 5.91 Å². The maximum atomic E-state index is 13.3. The number of amides is 2. The molecule has 0 unspecified atom stereocenters. The lowest BCUT2D eigenvalue weighted by atomic mass is 10.2. The van der Waals surface area contributed by atoms with Crippen molar-refractivity contribution in [2.24, 2.45) is 0 Å². The smallest absolute Gasteiger partial charge is 0.255 e. The summed E-state index contributed by atoms with van der Waals surface area (Å²) in [6.45, 7) is 7.76. The number of anilines is 1.